The van der Waals surface area contributed by atoms with Gasteiger partial charge in [0, 0.05) is 12.0 Å². The summed E-state index contributed by atoms with van der Waals surface area (Å²) in [6.45, 7) is 2.22. The van der Waals surface area contributed by atoms with E-state index in [2.05, 4.69) is 6.92 Å². The summed E-state index contributed by atoms with van der Waals surface area (Å²) in [5, 5.41) is 9.04. The lowest BCUT2D eigenvalue weighted by molar-refractivity contribution is -0.140. The molecule has 1 aliphatic rings. The Morgan fingerprint density at radius 3 is 1.50 bits per heavy atom. The molecular formula is C27H50O3. The first-order valence-electron chi connectivity index (χ1n) is 13.3. The van der Waals surface area contributed by atoms with Crippen molar-refractivity contribution >= 4 is 5.97 Å². The highest BCUT2D eigenvalue weighted by molar-refractivity contribution is 5.90. The van der Waals surface area contributed by atoms with Crippen LogP contribution in [0.3, 0.4) is 0 Å². The lowest BCUT2D eigenvalue weighted by Crippen LogP contribution is -2.10. The summed E-state index contributed by atoms with van der Waals surface area (Å²) < 4.78 is 5.06. The van der Waals surface area contributed by atoms with Crippen molar-refractivity contribution < 1.29 is 14.6 Å². The van der Waals surface area contributed by atoms with E-state index in [9.17, 15) is 4.79 Å². The van der Waals surface area contributed by atoms with Crippen molar-refractivity contribution in [1.29, 1.82) is 0 Å². The molecule has 0 amide bonds. The van der Waals surface area contributed by atoms with Crippen molar-refractivity contribution in [1.82, 2.24) is 0 Å². The highest BCUT2D eigenvalue weighted by atomic mass is 16.6. The molecule has 1 saturated heterocycles. The third-order valence-electron chi connectivity index (χ3n) is 6.39. The van der Waals surface area contributed by atoms with Gasteiger partial charge in [0.25, 0.3) is 0 Å². The van der Waals surface area contributed by atoms with Gasteiger partial charge >= 0.3 is 5.97 Å². The number of carbonyl (C=O) groups is 1. The van der Waals surface area contributed by atoms with Gasteiger partial charge in [0.15, 0.2) is 0 Å². The van der Waals surface area contributed by atoms with Crippen LogP contribution in [0.1, 0.15) is 142 Å². The molecule has 1 N–H and O–H groups in total. The third-order valence-corrected chi connectivity index (χ3v) is 6.39. The highest BCUT2D eigenvalue weighted by Crippen LogP contribution is 2.21. The van der Waals surface area contributed by atoms with E-state index in [1.54, 1.807) is 0 Å². The van der Waals surface area contributed by atoms with Gasteiger partial charge in [-0.2, -0.15) is 0 Å². The maximum atomic E-state index is 11.6. The van der Waals surface area contributed by atoms with Crippen molar-refractivity contribution in [3.63, 3.8) is 0 Å². The van der Waals surface area contributed by atoms with E-state index in [0.29, 0.717) is 6.42 Å². The molecule has 1 aliphatic heterocycles. The predicted octanol–water partition coefficient (Wildman–Crippen LogP) is 8.04. The van der Waals surface area contributed by atoms with Crippen molar-refractivity contribution in [2.45, 2.75) is 148 Å². The zero-order valence-electron chi connectivity index (χ0n) is 20.0. The van der Waals surface area contributed by atoms with Crippen LogP contribution in [0.5, 0.6) is 0 Å². The van der Waals surface area contributed by atoms with Crippen LogP contribution < -0.4 is 0 Å². The van der Waals surface area contributed by atoms with Crippen LogP contribution >= 0.6 is 0 Å². The second-order valence-corrected chi connectivity index (χ2v) is 9.30. The number of esters is 1. The number of aliphatic hydroxyl groups is 1. The topological polar surface area (TPSA) is 46.5 Å². The number of aliphatic hydroxyl groups excluding tert-OH is 1. The monoisotopic (exact) mass is 422 g/mol. The molecule has 3 nitrogen and oxygen atoms in total. The average Bonchev–Trinajstić information content (AvgIpc) is 3.12. The summed E-state index contributed by atoms with van der Waals surface area (Å²) in [5.74, 6) is -0.230. The largest absolute Gasteiger partial charge is 0.456 e. The summed E-state index contributed by atoms with van der Waals surface area (Å²) in [5.41, 5.74) is 0.761. The van der Waals surface area contributed by atoms with Crippen LogP contribution in [-0.4, -0.2) is 23.8 Å². The first-order chi connectivity index (χ1) is 14.8. The molecule has 30 heavy (non-hydrogen) atoms. The molecule has 1 fully saturated rings. The predicted molar refractivity (Wildman–Crippen MR) is 128 cm³/mol. The lowest BCUT2D eigenvalue weighted by atomic mass is 10.0. The lowest BCUT2D eigenvalue weighted by Gasteiger charge is -2.04. The number of rotatable bonds is 21. The molecule has 0 spiro atoms. The molecule has 0 saturated carbocycles. The Morgan fingerprint density at radius 2 is 1.13 bits per heavy atom. The quantitative estimate of drug-likeness (QED) is 0.116. The van der Waals surface area contributed by atoms with Crippen LogP contribution in [-0.2, 0) is 9.53 Å². The zero-order valence-corrected chi connectivity index (χ0v) is 20.0. The van der Waals surface area contributed by atoms with Crippen molar-refractivity contribution in [2.75, 3.05) is 6.61 Å². The van der Waals surface area contributed by atoms with Gasteiger partial charge in [0.1, 0.15) is 6.10 Å². The Hall–Kier alpha value is -0.830. The molecule has 0 aromatic rings. The number of ether oxygens (including phenoxy) is 1. The van der Waals surface area contributed by atoms with Gasteiger partial charge in [-0.15, -0.1) is 0 Å². The first kappa shape index (κ1) is 27.2. The maximum Gasteiger partial charge on any atom is 0.334 e. The Kier molecular flexibility index (Phi) is 18.2. The first-order valence-corrected chi connectivity index (χ1v) is 13.3. The summed E-state index contributed by atoms with van der Waals surface area (Å²) in [4.78, 5) is 11.6. The number of allylic oxidation sites excluding steroid dienone is 1. The van der Waals surface area contributed by atoms with Gasteiger partial charge in [0.2, 0.25) is 0 Å². The molecule has 1 heterocycles. The summed E-state index contributed by atoms with van der Waals surface area (Å²) in [7, 11) is 0. The fourth-order valence-electron chi connectivity index (χ4n) is 4.36. The smallest absolute Gasteiger partial charge is 0.334 e. The van der Waals surface area contributed by atoms with E-state index in [4.69, 9.17) is 9.84 Å². The van der Waals surface area contributed by atoms with E-state index in [0.717, 1.165) is 18.4 Å². The molecular weight excluding hydrogens is 372 g/mol. The van der Waals surface area contributed by atoms with Gasteiger partial charge in [-0.3, -0.25) is 0 Å². The Balaban J connectivity index is 1.74. The van der Waals surface area contributed by atoms with E-state index in [-0.39, 0.29) is 18.7 Å². The maximum absolute atomic E-state index is 11.6. The molecule has 0 aromatic heterocycles. The second kappa shape index (κ2) is 20.1. The molecule has 1 rings (SSSR count). The Labute approximate surface area is 187 Å². The van der Waals surface area contributed by atoms with E-state index in [1.807, 2.05) is 6.08 Å². The van der Waals surface area contributed by atoms with Gasteiger partial charge in [-0.1, -0.05) is 129 Å². The van der Waals surface area contributed by atoms with Crippen molar-refractivity contribution in [3.8, 4) is 0 Å². The average molecular weight is 423 g/mol. The fraction of sp³-hybridized carbons (Fsp3) is 0.889. The molecule has 0 bridgehead atoms. The molecule has 0 aromatic carbocycles. The molecule has 0 aliphatic carbocycles. The molecule has 0 radical (unpaired) electrons. The molecule has 3 heteroatoms. The van der Waals surface area contributed by atoms with E-state index >= 15 is 0 Å². The van der Waals surface area contributed by atoms with Gasteiger partial charge < -0.3 is 9.84 Å². The van der Waals surface area contributed by atoms with Crippen LogP contribution in [0, 0.1) is 0 Å². The summed E-state index contributed by atoms with van der Waals surface area (Å²) in [6.07, 6.45) is 29.7. The number of hydrogen-bond donors (Lipinski definition) is 1. The van der Waals surface area contributed by atoms with Crippen molar-refractivity contribution in [2.24, 2.45) is 0 Å². The van der Waals surface area contributed by atoms with Crippen LogP contribution in [0.2, 0.25) is 0 Å². The minimum atomic E-state index is -0.311. The number of cyclic esters (lactones) is 1. The Bertz CT molecular complexity index is 430. The number of hydrogen-bond acceptors (Lipinski definition) is 3. The summed E-state index contributed by atoms with van der Waals surface area (Å²) in [6, 6.07) is 0. The highest BCUT2D eigenvalue weighted by Gasteiger charge is 2.27. The number of unbranched alkanes of at least 4 members (excludes halogenated alkanes) is 19. The Morgan fingerprint density at radius 1 is 0.733 bits per heavy atom. The van der Waals surface area contributed by atoms with E-state index < -0.39 is 0 Å². The zero-order chi connectivity index (χ0) is 21.7. The molecule has 1 atom stereocenters. The normalized spacial score (nSPS) is 17.7. The van der Waals surface area contributed by atoms with Gasteiger partial charge in [-0.05, 0) is 12.8 Å². The minimum Gasteiger partial charge on any atom is -0.456 e. The van der Waals surface area contributed by atoms with Crippen molar-refractivity contribution in [3.05, 3.63) is 11.6 Å². The molecule has 0 unspecified atom stereocenters. The van der Waals surface area contributed by atoms with Gasteiger partial charge in [0.05, 0.1) is 6.61 Å². The third kappa shape index (κ3) is 15.0. The van der Waals surface area contributed by atoms with Crippen LogP contribution in [0.25, 0.3) is 0 Å². The standard InChI is InChI=1S/C27H50O3/c1-2-3-4-5-6-7-8-9-10-11-12-13-14-15-16-17-18-19-20-21-22-25-23-26(24-28)30-27(25)29/h22,26,28H,2-21,23-24H2,1H3/b25-22-/t26-/m1/s1. The fourth-order valence-corrected chi connectivity index (χ4v) is 4.36. The van der Waals surface area contributed by atoms with E-state index in [1.165, 1.54) is 116 Å². The second-order valence-electron chi connectivity index (χ2n) is 9.30. The summed E-state index contributed by atoms with van der Waals surface area (Å²) >= 11 is 0. The minimum absolute atomic E-state index is 0.0671. The van der Waals surface area contributed by atoms with Crippen LogP contribution in [0.4, 0.5) is 0 Å². The molecule has 176 valence electrons. The SMILES string of the molecule is CCCCCCCCCCCCCCCCCCCCC/C=C1/C[C@H](CO)OC1=O. The number of carbonyl (C=O) groups excluding carboxylic acids is 1. The van der Waals surface area contributed by atoms with Gasteiger partial charge in [-0.25, -0.2) is 4.79 Å². The van der Waals surface area contributed by atoms with Crippen LogP contribution in [0.15, 0.2) is 11.6 Å².